The minimum Gasteiger partial charge on any atom is -0.392 e. The first-order valence-electron chi connectivity index (χ1n) is 10.2. The van der Waals surface area contributed by atoms with Gasteiger partial charge in [-0.2, -0.15) is 0 Å². The molecule has 2 unspecified atom stereocenters. The Morgan fingerprint density at radius 3 is 2.81 bits per heavy atom. The fourth-order valence-electron chi connectivity index (χ4n) is 4.44. The summed E-state index contributed by atoms with van der Waals surface area (Å²) < 4.78 is 0. The summed E-state index contributed by atoms with van der Waals surface area (Å²) in [6.45, 7) is 2.16. The van der Waals surface area contributed by atoms with E-state index in [2.05, 4.69) is 6.92 Å². The molecule has 3 atom stereocenters. The molecule has 4 heteroatoms. The Bertz CT molecular complexity index is 705. The third kappa shape index (κ3) is 4.67. The summed E-state index contributed by atoms with van der Waals surface area (Å²) in [5.41, 5.74) is 0.114. The summed E-state index contributed by atoms with van der Waals surface area (Å²) >= 11 is 1.55. The molecule has 2 aliphatic rings. The molecular formula is C23H30O3S. The lowest BCUT2D eigenvalue weighted by atomic mass is 9.63. The number of aldehydes is 1. The Hall–Kier alpha value is -1.52. The number of hydrogen-bond acceptors (Lipinski definition) is 4. The van der Waals surface area contributed by atoms with Crippen LogP contribution >= 0.6 is 11.3 Å². The van der Waals surface area contributed by atoms with E-state index in [0.717, 1.165) is 49.7 Å². The monoisotopic (exact) mass is 386 g/mol. The Labute approximate surface area is 166 Å². The van der Waals surface area contributed by atoms with Crippen LogP contribution in [0.3, 0.4) is 0 Å². The molecule has 3 nitrogen and oxygen atoms in total. The molecule has 146 valence electrons. The lowest BCUT2D eigenvalue weighted by Crippen LogP contribution is -2.40. The number of aliphatic hydroxyl groups excluding tert-OH is 1. The van der Waals surface area contributed by atoms with E-state index >= 15 is 0 Å². The molecule has 1 heterocycles. The molecule has 0 amide bonds. The number of allylic oxidation sites excluding steroid dienone is 3. The van der Waals surface area contributed by atoms with Crippen LogP contribution < -0.4 is 0 Å². The SMILES string of the molecule is CCC1(C(O)C/C=C/C2C(=O)C=C[C@@H]2CCCc2ccc(C=O)s2)CCC1. The fourth-order valence-corrected chi connectivity index (χ4v) is 5.30. The molecule has 1 aromatic rings. The van der Waals surface area contributed by atoms with E-state index in [4.69, 9.17) is 0 Å². The van der Waals surface area contributed by atoms with Crippen LogP contribution in [0, 0.1) is 17.3 Å². The van der Waals surface area contributed by atoms with E-state index in [1.165, 1.54) is 11.3 Å². The zero-order valence-electron chi connectivity index (χ0n) is 16.1. The highest BCUT2D eigenvalue weighted by Gasteiger charge is 2.41. The molecule has 27 heavy (non-hydrogen) atoms. The largest absolute Gasteiger partial charge is 0.392 e. The highest BCUT2D eigenvalue weighted by molar-refractivity contribution is 7.13. The van der Waals surface area contributed by atoms with Crippen molar-refractivity contribution in [2.45, 2.75) is 64.4 Å². The second-order valence-electron chi connectivity index (χ2n) is 8.01. The van der Waals surface area contributed by atoms with Gasteiger partial charge in [-0.25, -0.2) is 0 Å². The van der Waals surface area contributed by atoms with E-state index in [0.29, 0.717) is 6.42 Å². The van der Waals surface area contributed by atoms with Crippen LogP contribution in [-0.2, 0) is 11.2 Å². The van der Waals surface area contributed by atoms with Crippen LogP contribution in [0.25, 0.3) is 0 Å². The van der Waals surface area contributed by atoms with E-state index in [1.54, 1.807) is 17.4 Å². The number of ketones is 1. The first kappa shape index (κ1) is 20.2. The molecule has 3 rings (SSSR count). The van der Waals surface area contributed by atoms with E-state index in [1.807, 2.05) is 30.4 Å². The lowest BCUT2D eigenvalue weighted by Gasteiger charge is -2.45. The van der Waals surface area contributed by atoms with E-state index in [-0.39, 0.29) is 29.1 Å². The van der Waals surface area contributed by atoms with Gasteiger partial charge >= 0.3 is 0 Å². The minimum absolute atomic E-state index is 0.0787. The quantitative estimate of drug-likeness (QED) is 0.447. The highest BCUT2D eigenvalue weighted by Crippen LogP contribution is 2.47. The maximum absolute atomic E-state index is 12.2. The van der Waals surface area contributed by atoms with E-state index in [9.17, 15) is 14.7 Å². The molecule has 1 saturated carbocycles. The number of hydrogen-bond donors (Lipinski definition) is 1. The first-order chi connectivity index (χ1) is 13.1. The Balaban J connectivity index is 1.48. The number of rotatable bonds is 10. The Morgan fingerprint density at radius 2 is 2.19 bits per heavy atom. The Morgan fingerprint density at radius 1 is 1.37 bits per heavy atom. The van der Waals surface area contributed by atoms with Crippen LogP contribution in [-0.4, -0.2) is 23.3 Å². The number of carbonyl (C=O) groups is 2. The zero-order chi connectivity index (χ0) is 19.3. The Kier molecular flexibility index (Phi) is 6.83. The van der Waals surface area contributed by atoms with Gasteiger partial charge in [-0.15, -0.1) is 11.3 Å². The fraction of sp³-hybridized carbons (Fsp3) is 0.565. The molecule has 0 spiro atoms. The zero-order valence-corrected chi connectivity index (χ0v) is 16.9. The van der Waals surface area contributed by atoms with Gasteiger partial charge in [0.15, 0.2) is 12.1 Å². The number of aryl methyl sites for hydroxylation is 1. The van der Waals surface area contributed by atoms with Gasteiger partial charge in [0.25, 0.3) is 0 Å². The van der Waals surface area contributed by atoms with Crippen molar-refractivity contribution in [2.24, 2.45) is 17.3 Å². The number of thiophene rings is 1. The highest BCUT2D eigenvalue weighted by atomic mass is 32.1. The average Bonchev–Trinajstić information content (AvgIpc) is 3.22. The molecule has 0 aromatic carbocycles. The summed E-state index contributed by atoms with van der Waals surface area (Å²) in [6, 6.07) is 3.89. The first-order valence-corrected chi connectivity index (χ1v) is 11.0. The predicted molar refractivity (Wildman–Crippen MR) is 110 cm³/mol. The predicted octanol–water partition coefficient (Wildman–Crippen LogP) is 5.14. The van der Waals surface area contributed by atoms with Gasteiger partial charge in [-0.3, -0.25) is 9.59 Å². The van der Waals surface area contributed by atoms with Gasteiger partial charge < -0.3 is 5.11 Å². The third-order valence-corrected chi connectivity index (χ3v) is 7.59. The summed E-state index contributed by atoms with van der Waals surface area (Å²) in [5.74, 6) is 0.351. The number of carbonyl (C=O) groups excluding carboxylic acids is 2. The molecule has 0 saturated heterocycles. The van der Waals surface area contributed by atoms with Gasteiger partial charge in [0, 0.05) is 10.8 Å². The maximum atomic E-state index is 12.2. The van der Waals surface area contributed by atoms with Crippen molar-refractivity contribution in [2.75, 3.05) is 0 Å². The topological polar surface area (TPSA) is 54.4 Å². The minimum atomic E-state index is -0.291. The number of aliphatic hydroxyl groups is 1. The van der Waals surface area contributed by atoms with E-state index < -0.39 is 0 Å². The standard InChI is InChI=1S/C23H30O3S/c1-2-23(14-5-15-23)22(26)9-4-8-20-17(10-13-21(20)25)6-3-7-18-11-12-19(16-24)27-18/h4,8,10-13,16-17,20,22,26H,2-3,5-7,9,14-15H2,1H3/b8-4+/t17-,20?,22?/m0/s1. The summed E-state index contributed by atoms with van der Waals surface area (Å²) in [6.07, 6.45) is 16.5. The van der Waals surface area contributed by atoms with Crippen molar-refractivity contribution in [3.63, 3.8) is 0 Å². The van der Waals surface area contributed by atoms with Gasteiger partial charge in [-0.1, -0.05) is 31.6 Å². The van der Waals surface area contributed by atoms with Crippen LogP contribution in [0.4, 0.5) is 0 Å². The second-order valence-corrected chi connectivity index (χ2v) is 9.21. The molecule has 2 aliphatic carbocycles. The van der Waals surface area contributed by atoms with Gasteiger partial charge in [-0.05, 0) is 74.5 Å². The molecule has 1 fully saturated rings. The van der Waals surface area contributed by atoms with Gasteiger partial charge in [0.05, 0.1) is 11.0 Å². The van der Waals surface area contributed by atoms with Crippen molar-refractivity contribution < 1.29 is 14.7 Å². The lowest BCUT2D eigenvalue weighted by molar-refractivity contribution is -0.117. The van der Waals surface area contributed by atoms with Crippen molar-refractivity contribution in [1.29, 1.82) is 0 Å². The van der Waals surface area contributed by atoms with Crippen LogP contribution in [0.1, 0.15) is 66.4 Å². The van der Waals surface area contributed by atoms with Crippen LogP contribution in [0.2, 0.25) is 0 Å². The average molecular weight is 387 g/mol. The molecule has 1 aromatic heterocycles. The molecule has 0 radical (unpaired) electrons. The summed E-state index contributed by atoms with van der Waals surface area (Å²) in [7, 11) is 0. The van der Waals surface area contributed by atoms with Crippen molar-refractivity contribution >= 4 is 23.4 Å². The van der Waals surface area contributed by atoms with Gasteiger partial charge in [0.2, 0.25) is 0 Å². The van der Waals surface area contributed by atoms with Crippen LogP contribution in [0.15, 0.2) is 36.4 Å². The third-order valence-electron chi connectivity index (χ3n) is 6.52. The second kappa shape index (κ2) is 9.11. The molecule has 0 bridgehead atoms. The maximum Gasteiger partial charge on any atom is 0.162 e. The molecule has 0 aliphatic heterocycles. The summed E-state index contributed by atoms with van der Waals surface area (Å²) in [5, 5.41) is 10.5. The molecule has 1 N–H and O–H groups in total. The van der Waals surface area contributed by atoms with Gasteiger partial charge in [0.1, 0.15) is 0 Å². The summed E-state index contributed by atoms with van der Waals surface area (Å²) in [4.78, 5) is 25.0. The normalized spacial score (nSPS) is 25.0. The van der Waals surface area contributed by atoms with Crippen LogP contribution in [0.5, 0.6) is 0 Å². The molecular weight excluding hydrogens is 356 g/mol. The van der Waals surface area contributed by atoms with Crippen molar-refractivity contribution in [3.8, 4) is 0 Å². The van der Waals surface area contributed by atoms with Crippen molar-refractivity contribution in [1.82, 2.24) is 0 Å². The smallest absolute Gasteiger partial charge is 0.162 e. The van der Waals surface area contributed by atoms with Crippen molar-refractivity contribution in [3.05, 3.63) is 46.2 Å².